The molecule has 18 heavy (non-hydrogen) atoms. The number of nitrogens with two attached hydrogens (primary N) is 1. The fourth-order valence-electron chi connectivity index (χ4n) is 2.91. The molecule has 3 N–H and O–H groups in total. The Morgan fingerprint density at radius 2 is 2.44 bits per heavy atom. The fourth-order valence-corrected chi connectivity index (χ4v) is 2.91. The molecule has 5 nitrogen and oxygen atoms in total. The molecule has 4 unspecified atom stereocenters. The van der Waals surface area contributed by atoms with Gasteiger partial charge in [-0.1, -0.05) is 0 Å². The van der Waals surface area contributed by atoms with Gasteiger partial charge in [-0.15, -0.1) is 0 Å². The van der Waals surface area contributed by atoms with Gasteiger partial charge >= 0.3 is 0 Å². The Balaban J connectivity index is 1.75. The molecule has 94 valence electrons. The standard InChI is InChI=1S/C13H16N4O/c14-6-8-3-4-16-7-10(8)17-12-11(15)9-2-1-5-18-13(9)12/h3-4,7,9,11-13,17H,1-2,5,15H2. The number of hydrogen-bond acceptors (Lipinski definition) is 5. The van der Waals surface area contributed by atoms with Crippen LogP contribution in [0.2, 0.25) is 0 Å². The number of nitriles is 1. The minimum Gasteiger partial charge on any atom is -0.376 e. The van der Waals surface area contributed by atoms with Crippen LogP contribution in [0.3, 0.4) is 0 Å². The van der Waals surface area contributed by atoms with Crippen molar-refractivity contribution in [1.29, 1.82) is 5.26 Å². The van der Waals surface area contributed by atoms with Gasteiger partial charge in [-0.2, -0.15) is 5.26 Å². The number of hydrogen-bond donors (Lipinski definition) is 2. The van der Waals surface area contributed by atoms with Crippen LogP contribution in [0.4, 0.5) is 5.69 Å². The number of ether oxygens (including phenoxy) is 1. The van der Waals surface area contributed by atoms with Gasteiger partial charge in [0.15, 0.2) is 0 Å². The van der Waals surface area contributed by atoms with E-state index in [2.05, 4.69) is 16.4 Å². The maximum atomic E-state index is 9.04. The Morgan fingerprint density at radius 3 is 3.28 bits per heavy atom. The molecule has 1 saturated heterocycles. The van der Waals surface area contributed by atoms with E-state index in [4.69, 9.17) is 15.7 Å². The number of nitrogens with one attached hydrogen (secondary N) is 1. The van der Waals surface area contributed by atoms with Gasteiger partial charge in [-0.3, -0.25) is 4.98 Å². The van der Waals surface area contributed by atoms with Crippen molar-refractivity contribution in [3.05, 3.63) is 24.0 Å². The van der Waals surface area contributed by atoms with Gasteiger partial charge in [0.1, 0.15) is 6.07 Å². The van der Waals surface area contributed by atoms with Gasteiger partial charge in [-0.05, 0) is 18.9 Å². The average Bonchev–Trinajstić information content (AvgIpc) is 2.44. The predicted molar refractivity (Wildman–Crippen MR) is 66.8 cm³/mol. The maximum Gasteiger partial charge on any atom is 0.101 e. The Labute approximate surface area is 106 Å². The maximum absolute atomic E-state index is 9.04. The van der Waals surface area contributed by atoms with Crippen molar-refractivity contribution < 1.29 is 4.74 Å². The van der Waals surface area contributed by atoms with E-state index in [0.29, 0.717) is 11.5 Å². The van der Waals surface area contributed by atoms with E-state index in [1.807, 2.05) is 0 Å². The topological polar surface area (TPSA) is 84.0 Å². The molecule has 2 fully saturated rings. The van der Waals surface area contributed by atoms with Crippen LogP contribution >= 0.6 is 0 Å². The molecule has 0 amide bonds. The van der Waals surface area contributed by atoms with Gasteiger partial charge in [-0.25, -0.2) is 0 Å². The molecule has 1 aliphatic carbocycles. The lowest BCUT2D eigenvalue weighted by atomic mass is 9.68. The molecule has 0 spiro atoms. The Morgan fingerprint density at radius 1 is 1.56 bits per heavy atom. The summed E-state index contributed by atoms with van der Waals surface area (Å²) in [6.45, 7) is 0.810. The van der Waals surface area contributed by atoms with Crippen LogP contribution in [0, 0.1) is 17.2 Å². The van der Waals surface area contributed by atoms with Crippen molar-refractivity contribution in [3.63, 3.8) is 0 Å². The first-order valence-electron chi connectivity index (χ1n) is 6.29. The summed E-state index contributed by atoms with van der Waals surface area (Å²) in [4.78, 5) is 4.04. The van der Waals surface area contributed by atoms with Crippen LogP contribution in [0.1, 0.15) is 18.4 Å². The van der Waals surface area contributed by atoms with Crippen molar-refractivity contribution in [2.24, 2.45) is 11.7 Å². The number of nitrogens with zero attached hydrogens (tertiary/aromatic N) is 2. The summed E-state index contributed by atoms with van der Waals surface area (Å²) in [7, 11) is 0. The van der Waals surface area contributed by atoms with Crippen molar-refractivity contribution >= 4 is 5.69 Å². The molecule has 1 aromatic rings. The molecule has 0 radical (unpaired) electrons. The lowest BCUT2D eigenvalue weighted by Gasteiger charge is -2.52. The first kappa shape index (κ1) is 11.5. The average molecular weight is 244 g/mol. The van der Waals surface area contributed by atoms with Crippen molar-refractivity contribution in [2.75, 3.05) is 11.9 Å². The zero-order valence-corrected chi connectivity index (χ0v) is 10.0. The third-order valence-corrected chi connectivity index (χ3v) is 3.94. The van der Waals surface area contributed by atoms with E-state index >= 15 is 0 Å². The zero-order chi connectivity index (χ0) is 12.5. The Bertz CT molecular complexity index is 484. The molecule has 4 atom stereocenters. The number of aromatic nitrogens is 1. The van der Waals surface area contributed by atoms with Gasteiger partial charge in [0.2, 0.25) is 0 Å². The minimum absolute atomic E-state index is 0.0894. The monoisotopic (exact) mass is 244 g/mol. The van der Waals surface area contributed by atoms with Crippen LogP contribution in [0.25, 0.3) is 0 Å². The first-order valence-corrected chi connectivity index (χ1v) is 6.29. The van der Waals surface area contributed by atoms with E-state index in [1.54, 1.807) is 18.5 Å². The summed E-state index contributed by atoms with van der Waals surface area (Å²) >= 11 is 0. The normalized spacial score (nSPS) is 34.0. The molecule has 1 aliphatic heterocycles. The van der Waals surface area contributed by atoms with E-state index in [-0.39, 0.29) is 18.2 Å². The highest BCUT2D eigenvalue weighted by atomic mass is 16.5. The molecule has 5 heteroatoms. The van der Waals surface area contributed by atoms with Crippen LogP contribution in [0.5, 0.6) is 0 Å². The number of pyridine rings is 1. The smallest absolute Gasteiger partial charge is 0.101 e. The van der Waals surface area contributed by atoms with E-state index in [0.717, 1.165) is 25.1 Å². The number of fused-ring (bicyclic) bond motifs is 1. The minimum atomic E-state index is 0.0894. The zero-order valence-electron chi connectivity index (χ0n) is 10.0. The Kier molecular flexibility index (Phi) is 2.90. The van der Waals surface area contributed by atoms with Gasteiger partial charge in [0.25, 0.3) is 0 Å². The molecular weight excluding hydrogens is 228 g/mol. The third kappa shape index (κ3) is 1.74. The van der Waals surface area contributed by atoms with E-state index in [1.165, 1.54) is 0 Å². The first-order chi connectivity index (χ1) is 8.81. The highest BCUT2D eigenvalue weighted by Crippen LogP contribution is 2.38. The SMILES string of the molecule is N#Cc1ccncc1NC1C(N)C2CCCOC21. The molecule has 1 aromatic heterocycles. The van der Waals surface area contributed by atoms with E-state index < -0.39 is 0 Å². The summed E-state index contributed by atoms with van der Waals surface area (Å²) in [6.07, 6.45) is 5.70. The summed E-state index contributed by atoms with van der Waals surface area (Å²) in [5.74, 6) is 0.457. The van der Waals surface area contributed by atoms with E-state index in [9.17, 15) is 0 Å². The summed E-state index contributed by atoms with van der Waals surface area (Å²) in [5, 5.41) is 12.4. The lowest BCUT2D eigenvalue weighted by molar-refractivity contribution is -0.104. The van der Waals surface area contributed by atoms with Crippen LogP contribution in [-0.4, -0.2) is 29.8 Å². The molecule has 0 bridgehead atoms. The summed E-state index contributed by atoms with van der Waals surface area (Å²) in [5.41, 5.74) is 7.51. The number of anilines is 1. The van der Waals surface area contributed by atoms with Crippen molar-refractivity contribution in [1.82, 2.24) is 4.98 Å². The summed E-state index contributed by atoms with van der Waals surface area (Å²) < 4.78 is 5.76. The van der Waals surface area contributed by atoms with Crippen LogP contribution in [0.15, 0.2) is 18.5 Å². The second-order valence-electron chi connectivity index (χ2n) is 4.92. The highest BCUT2D eigenvalue weighted by Gasteiger charge is 2.50. The molecule has 0 aromatic carbocycles. The lowest BCUT2D eigenvalue weighted by Crippen LogP contribution is -2.69. The number of rotatable bonds is 2. The second kappa shape index (κ2) is 4.56. The third-order valence-electron chi connectivity index (χ3n) is 3.94. The highest BCUT2D eigenvalue weighted by molar-refractivity contribution is 5.56. The fraction of sp³-hybridized carbons (Fsp3) is 0.538. The molecule has 2 aliphatic rings. The summed E-state index contributed by atoms with van der Waals surface area (Å²) in [6, 6.07) is 4.04. The molecule has 2 heterocycles. The van der Waals surface area contributed by atoms with Gasteiger partial charge in [0.05, 0.1) is 29.6 Å². The quantitative estimate of drug-likeness (QED) is 0.806. The van der Waals surface area contributed by atoms with Crippen molar-refractivity contribution in [3.8, 4) is 6.07 Å². The van der Waals surface area contributed by atoms with Crippen LogP contribution in [-0.2, 0) is 4.74 Å². The van der Waals surface area contributed by atoms with Crippen molar-refractivity contribution in [2.45, 2.75) is 31.0 Å². The van der Waals surface area contributed by atoms with Gasteiger partial charge in [0, 0.05) is 24.8 Å². The molecular formula is C13H16N4O. The predicted octanol–water partition coefficient (Wildman–Crippen LogP) is 0.870. The molecule has 1 saturated carbocycles. The van der Waals surface area contributed by atoms with Gasteiger partial charge < -0.3 is 15.8 Å². The Hall–Kier alpha value is -1.64. The van der Waals surface area contributed by atoms with Crippen LogP contribution < -0.4 is 11.1 Å². The molecule has 3 rings (SSSR count). The second-order valence-corrected chi connectivity index (χ2v) is 4.92. The largest absolute Gasteiger partial charge is 0.376 e.